The summed E-state index contributed by atoms with van der Waals surface area (Å²) in [7, 11) is 2.72. The van der Waals surface area contributed by atoms with Crippen LogP contribution in [-0.4, -0.2) is 42.4 Å². The summed E-state index contributed by atoms with van der Waals surface area (Å²) in [4.78, 5) is 38.5. The van der Waals surface area contributed by atoms with Gasteiger partial charge in [-0.1, -0.05) is 6.92 Å². The Kier molecular flexibility index (Phi) is 3.32. The minimum absolute atomic E-state index is 0.303. The number of likely N-dealkylation sites (tertiary alicyclic amines) is 1. The molecular weight excluding hydrogens is 288 g/mol. The van der Waals surface area contributed by atoms with E-state index in [4.69, 9.17) is 9.15 Å². The number of nitrogens with zero attached hydrogens (tertiary/aromatic N) is 1. The third kappa shape index (κ3) is 1.68. The number of nitrogens with one attached hydrogen (secondary N) is 1. The van der Waals surface area contributed by atoms with Crippen molar-refractivity contribution in [1.29, 1.82) is 0 Å². The molecule has 0 saturated carbocycles. The molecule has 0 aromatic carbocycles. The molecule has 3 rings (SSSR count). The van der Waals surface area contributed by atoms with E-state index in [1.807, 2.05) is 0 Å². The molecule has 2 amide bonds. The molecule has 2 aliphatic heterocycles. The van der Waals surface area contributed by atoms with Crippen LogP contribution < -0.4 is 5.32 Å². The topological polar surface area (TPSA) is 88.8 Å². The zero-order valence-corrected chi connectivity index (χ0v) is 12.7. The number of carbonyl (C=O) groups excluding carboxylic acids is 3. The maximum Gasteiger partial charge on any atom is 0.326 e. The number of furan rings is 1. The number of hydrogen-bond donors (Lipinski definition) is 1. The monoisotopic (exact) mass is 306 g/mol. The van der Waals surface area contributed by atoms with Gasteiger partial charge in [0.15, 0.2) is 0 Å². The summed E-state index contributed by atoms with van der Waals surface area (Å²) in [6, 6.07) is 2.91. The predicted octanol–water partition coefficient (Wildman–Crippen LogP) is 0.477. The van der Waals surface area contributed by atoms with E-state index in [0.29, 0.717) is 12.2 Å². The van der Waals surface area contributed by atoms with Gasteiger partial charge in [0.25, 0.3) is 0 Å². The number of fused-ring (bicyclic) bond motifs is 1. The van der Waals surface area contributed by atoms with Crippen LogP contribution in [0.2, 0.25) is 0 Å². The van der Waals surface area contributed by atoms with Gasteiger partial charge in [-0.05, 0) is 18.6 Å². The third-order valence-corrected chi connectivity index (χ3v) is 4.83. The quantitative estimate of drug-likeness (QED) is 0.645. The second-order valence-electron chi connectivity index (χ2n) is 5.69. The molecule has 1 aromatic rings. The molecule has 0 spiro atoms. The first kappa shape index (κ1) is 14.8. The fraction of sp³-hybridized carbons (Fsp3) is 0.533. The Balaban J connectivity index is 2.13. The minimum atomic E-state index is -1.21. The smallest absolute Gasteiger partial charge is 0.326 e. The molecule has 7 heteroatoms. The first-order chi connectivity index (χ1) is 10.5. The van der Waals surface area contributed by atoms with Crippen molar-refractivity contribution in [2.24, 2.45) is 11.8 Å². The lowest BCUT2D eigenvalue weighted by atomic mass is 9.78. The zero-order chi connectivity index (χ0) is 16.1. The molecule has 0 bridgehead atoms. The summed E-state index contributed by atoms with van der Waals surface area (Å²) in [5.41, 5.74) is -1.21. The number of carbonyl (C=O) groups is 3. The van der Waals surface area contributed by atoms with Crippen molar-refractivity contribution < 1.29 is 23.5 Å². The van der Waals surface area contributed by atoms with E-state index in [-0.39, 0.29) is 11.8 Å². The summed E-state index contributed by atoms with van der Waals surface area (Å²) >= 11 is 0. The van der Waals surface area contributed by atoms with E-state index >= 15 is 0 Å². The fourth-order valence-corrected chi connectivity index (χ4v) is 3.70. The van der Waals surface area contributed by atoms with Crippen molar-refractivity contribution in [1.82, 2.24) is 10.2 Å². The molecule has 0 radical (unpaired) electrons. The van der Waals surface area contributed by atoms with Crippen molar-refractivity contribution >= 4 is 17.8 Å². The summed E-state index contributed by atoms with van der Waals surface area (Å²) in [5, 5.41) is 3.15. The van der Waals surface area contributed by atoms with Crippen LogP contribution in [0.15, 0.2) is 22.8 Å². The highest BCUT2D eigenvalue weighted by atomic mass is 16.5. The molecule has 3 heterocycles. The molecule has 1 aromatic heterocycles. The van der Waals surface area contributed by atoms with Crippen molar-refractivity contribution in [2.75, 3.05) is 14.2 Å². The van der Waals surface area contributed by atoms with Crippen molar-refractivity contribution in [2.45, 2.75) is 24.9 Å². The number of imide groups is 1. The molecule has 7 nitrogen and oxygen atoms in total. The van der Waals surface area contributed by atoms with Crippen LogP contribution in [0.1, 0.15) is 25.1 Å². The van der Waals surface area contributed by atoms with Gasteiger partial charge in [-0.15, -0.1) is 0 Å². The van der Waals surface area contributed by atoms with E-state index in [1.54, 1.807) is 19.1 Å². The Hall–Kier alpha value is -2.15. The highest BCUT2D eigenvalue weighted by Gasteiger charge is 2.68. The highest BCUT2D eigenvalue weighted by Crippen LogP contribution is 2.49. The van der Waals surface area contributed by atoms with E-state index in [2.05, 4.69) is 5.32 Å². The number of hydrogen-bond acceptors (Lipinski definition) is 6. The summed E-state index contributed by atoms with van der Waals surface area (Å²) in [5.74, 6) is -2.10. The summed E-state index contributed by atoms with van der Waals surface area (Å²) in [6.07, 6.45) is 1.84. The molecular formula is C15H18N2O5. The Bertz CT molecular complexity index is 626. The van der Waals surface area contributed by atoms with Gasteiger partial charge in [-0.3, -0.25) is 24.6 Å². The van der Waals surface area contributed by atoms with Crippen LogP contribution in [0.3, 0.4) is 0 Å². The lowest BCUT2D eigenvalue weighted by Gasteiger charge is -2.30. The van der Waals surface area contributed by atoms with Crippen LogP contribution >= 0.6 is 0 Å². The zero-order valence-electron chi connectivity index (χ0n) is 12.7. The first-order valence-electron chi connectivity index (χ1n) is 7.19. The second kappa shape index (κ2) is 4.95. The number of amides is 2. The molecule has 1 N–H and O–H groups in total. The van der Waals surface area contributed by atoms with Crippen molar-refractivity contribution in [3.63, 3.8) is 0 Å². The maximum absolute atomic E-state index is 12.5. The number of methoxy groups -OCH3 is 1. The molecule has 2 fully saturated rings. The molecule has 118 valence electrons. The fourth-order valence-electron chi connectivity index (χ4n) is 3.70. The molecule has 0 aliphatic carbocycles. The van der Waals surface area contributed by atoms with E-state index in [0.717, 1.165) is 4.90 Å². The van der Waals surface area contributed by atoms with Gasteiger partial charge in [0, 0.05) is 7.05 Å². The molecule has 2 saturated heterocycles. The van der Waals surface area contributed by atoms with Crippen LogP contribution in [0, 0.1) is 11.8 Å². The molecule has 4 atom stereocenters. The first-order valence-corrected chi connectivity index (χ1v) is 7.19. The third-order valence-electron chi connectivity index (χ3n) is 4.83. The Morgan fingerprint density at radius 2 is 2.18 bits per heavy atom. The van der Waals surface area contributed by atoms with Gasteiger partial charge in [-0.2, -0.15) is 0 Å². The maximum atomic E-state index is 12.5. The summed E-state index contributed by atoms with van der Waals surface area (Å²) < 4.78 is 10.3. The average Bonchev–Trinajstić information content (AvgIpc) is 3.21. The van der Waals surface area contributed by atoms with Gasteiger partial charge in [-0.25, -0.2) is 0 Å². The molecule has 2 aliphatic rings. The minimum Gasteiger partial charge on any atom is -0.468 e. The van der Waals surface area contributed by atoms with Crippen molar-refractivity contribution in [3.05, 3.63) is 24.2 Å². The Morgan fingerprint density at radius 3 is 2.73 bits per heavy atom. The molecule has 0 unspecified atom stereocenters. The van der Waals surface area contributed by atoms with E-state index in [9.17, 15) is 14.4 Å². The van der Waals surface area contributed by atoms with Gasteiger partial charge >= 0.3 is 5.97 Å². The molecule has 22 heavy (non-hydrogen) atoms. The van der Waals surface area contributed by atoms with E-state index < -0.39 is 29.4 Å². The Morgan fingerprint density at radius 1 is 1.45 bits per heavy atom. The highest BCUT2D eigenvalue weighted by molar-refractivity contribution is 6.09. The number of esters is 1. The normalized spacial score (nSPS) is 34.1. The lowest BCUT2D eigenvalue weighted by Crippen LogP contribution is -2.55. The lowest BCUT2D eigenvalue weighted by molar-refractivity contribution is -0.154. The average molecular weight is 306 g/mol. The van der Waals surface area contributed by atoms with Gasteiger partial charge in [0.2, 0.25) is 11.8 Å². The number of rotatable bonds is 3. The van der Waals surface area contributed by atoms with Crippen LogP contribution in [-0.2, 0) is 19.1 Å². The number of ether oxygens (including phenoxy) is 1. The van der Waals surface area contributed by atoms with Gasteiger partial charge < -0.3 is 9.15 Å². The Labute approximate surface area is 127 Å². The standard InChI is InChI=1S/C15H18N2O5/c1-4-15(14(20)21-3)10-9(12(18)17(2)13(10)19)11(16-15)8-6-5-7-22-8/h5-7,9-11,16H,4H2,1-3H3/t9-,10-,11-,15+/m0/s1. The summed E-state index contributed by atoms with van der Waals surface area (Å²) in [6.45, 7) is 1.79. The predicted molar refractivity (Wildman–Crippen MR) is 74.4 cm³/mol. The van der Waals surface area contributed by atoms with Crippen molar-refractivity contribution in [3.8, 4) is 0 Å². The van der Waals surface area contributed by atoms with Gasteiger partial charge in [0.1, 0.15) is 11.3 Å². The van der Waals surface area contributed by atoms with Crippen LogP contribution in [0.4, 0.5) is 0 Å². The van der Waals surface area contributed by atoms with E-state index in [1.165, 1.54) is 20.4 Å². The largest absolute Gasteiger partial charge is 0.468 e. The van der Waals surface area contributed by atoms with Crippen LogP contribution in [0.5, 0.6) is 0 Å². The van der Waals surface area contributed by atoms with Gasteiger partial charge in [0.05, 0.1) is 31.3 Å². The SMILES string of the molecule is CC[C@@]1(C(=O)OC)N[C@@H](c2ccco2)[C@H]2C(=O)N(C)C(=O)[C@H]21. The second-order valence-corrected chi connectivity index (χ2v) is 5.69. The van der Waals surface area contributed by atoms with Crippen LogP contribution in [0.25, 0.3) is 0 Å².